The molecule has 168 valence electrons. The largest absolute Gasteiger partial charge is 0.457 e. The van der Waals surface area contributed by atoms with Crippen LogP contribution in [0.3, 0.4) is 0 Å². The molecule has 3 amide bonds. The predicted molar refractivity (Wildman–Crippen MR) is 125 cm³/mol. The first-order chi connectivity index (χ1) is 16.0. The fraction of sp³-hybridized carbons (Fsp3) is 0.208. The molecule has 2 aliphatic rings. The molecule has 2 atom stereocenters. The van der Waals surface area contributed by atoms with E-state index in [1.165, 1.54) is 23.9 Å². The first kappa shape index (κ1) is 21.3. The lowest BCUT2D eigenvalue weighted by molar-refractivity contribution is -0.168. The molecule has 5 rings (SSSR count). The van der Waals surface area contributed by atoms with Crippen molar-refractivity contribution in [1.82, 2.24) is 15.4 Å². The van der Waals surface area contributed by atoms with Gasteiger partial charge >= 0.3 is 6.03 Å². The van der Waals surface area contributed by atoms with Gasteiger partial charge in [0.05, 0.1) is 24.5 Å². The summed E-state index contributed by atoms with van der Waals surface area (Å²) in [5, 5.41) is 4.36. The van der Waals surface area contributed by atoms with Crippen LogP contribution in [0.2, 0.25) is 0 Å². The van der Waals surface area contributed by atoms with Gasteiger partial charge in [0.2, 0.25) is 0 Å². The summed E-state index contributed by atoms with van der Waals surface area (Å²) in [6, 6.07) is 16.2. The maximum atomic E-state index is 13.3. The summed E-state index contributed by atoms with van der Waals surface area (Å²) < 4.78 is 5.93. The zero-order valence-corrected chi connectivity index (χ0v) is 19.1. The van der Waals surface area contributed by atoms with Gasteiger partial charge in [-0.2, -0.15) is 0 Å². The van der Waals surface area contributed by atoms with Gasteiger partial charge in [0, 0.05) is 18.8 Å². The number of ether oxygens (including phenoxy) is 1. The zero-order valence-electron chi connectivity index (χ0n) is 18.3. The Morgan fingerprint density at radius 3 is 2.64 bits per heavy atom. The lowest BCUT2D eigenvalue weighted by Crippen LogP contribution is -2.49. The van der Waals surface area contributed by atoms with Gasteiger partial charge < -0.3 is 10.1 Å². The number of para-hydroxylation sites is 1. The van der Waals surface area contributed by atoms with Crippen LogP contribution >= 0.6 is 11.8 Å². The van der Waals surface area contributed by atoms with Crippen molar-refractivity contribution in [2.45, 2.75) is 23.2 Å². The molecule has 0 radical (unpaired) electrons. The van der Waals surface area contributed by atoms with Crippen LogP contribution in [0, 0.1) is 6.92 Å². The Balaban J connectivity index is 1.49. The van der Waals surface area contributed by atoms with E-state index in [1.807, 2.05) is 61.5 Å². The summed E-state index contributed by atoms with van der Waals surface area (Å²) in [5.74, 6) is 1.19. The number of thioether (sulfide) groups is 1. The van der Waals surface area contributed by atoms with Crippen LogP contribution in [0.25, 0.3) is 0 Å². The van der Waals surface area contributed by atoms with Gasteiger partial charge in [-0.3, -0.25) is 14.5 Å². The number of hydrogen-bond donors (Lipinski definition) is 1. The molecule has 33 heavy (non-hydrogen) atoms. The Labute approximate surface area is 195 Å². The van der Waals surface area contributed by atoms with Gasteiger partial charge in [0.1, 0.15) is 21.8 Å². The maximum Gasteiger partial charge on any atom is 0.327 e. The van der Waals surface area contributed by atoms with Gasteiger partial charge in [-0.05, 0) is 48.9 Å². The lowest BCUT2D eigenvalue weighted by Gasteiger charge is -2.35. The third-order valence-electron chi connectivity index (χ3n) is 5.72. The number of carbonyl (C=O) groups is 2. The Bertz CT molecular complexity index is 1240. The summed E-state index contributed by atoms with van der Waals surface area (Å²) in [7, 11) is 2.99. The molecule has 0 saturated carbocycles. The van der Waals surface area contributed by atoms with Crippen molar-refractivity contribution in [2.75, 3.05) is 19.1 Å². The number of rotatable bonds is 5. The minimum Gasteiger partial charge on any atom is -0.457 e. The standard InChI is InChI=1S/C24H22N4O4S/c1-14-13-16(32-15-7-5-4-6-8-15)9-10-17(14)28-18-11-12-25-22-19(18)20(26-24(28)30)21(33-22)23(29)27(2)31-3/h4-13,20-21H,1-3H3,(H,26,30). The number of anilines is 2. The minimum absolute atomic E-state index is 0.233. The number of hydrogen-bond acceptors (Lipinski definition) is 6. The highest BCUT2D eigenvalue weighted by molar-refractivity contribution is 8.01. The molecule has 2 unspecified atom stereocenters. The molecule has 8 nitrogen and oxygen atoms in total. The predicted octanol–water partition coefficient (Wildman–Crippen LogP) is 4.58. The number of aromatic nitrogens is 1. The third-order valence-corrected chi connectivity index (χ3v) is 7.00. The van der Waals surface area contributed by atoms with Crippen molar-refractivity contribution in [3.63, 3.8) is 0 Å². The molecule has 2 aromatic carbocycles. The van der Waals surface area contributed by atoms with E-state index in [9.17, 15) is 9.59 Å². The number of hydroxylamine groups is 2. The van der Waals surface area contributed by atoms with Crippen LogP contribution in [0.15, 0.2) is 65.8 Å². The molecule has 3 aromatic rings. The SMILES string of the molecule is CON(C)C(=O)C1Sc2nccc3c2C1NC(=O)N3c1ccc(Oc2ccccc2)cc1C. The minimum atomic E-state index is -0.549. The highest BCUT2D eigenvalue weighted by Gasteiger charge is 2.47. The second-order valence-electron chi connectivity index (χ2n) is 7.73. The van der Waals surface area contributed by atoms with Crippen LogP contribution in [0.4, 0.5) is 16.2 Å². The van der Waals surface area contributed by atoms with Gasteiger partial charge in [0.15, 0.2) is 0 Å². The number of urea groups is 1. The number of nitrogens with one attached hydrogen (secondary N) is 1. The average Bonchev–Trinajstić information content (AvgIpc) is 3.19. The monoisotopic (exact) mass is 462 g/mol. The molecule has 1 N–H and O–H groups in total. The van der Waals surface area contributed by atoms with Gasteiger partial charge in [-0.25, -0.2) is 14.8 Å². The number of nitrogens with zero attached hydrogens (tertiary/aromatic N) is 3. The second kappa shape index (κ2) is 8.42. The fourth-order valence-corrected chi connectivity index (χ4v) is 5.40. The number of aryl methyl sites for hydroxylation is 1. The summed E-state index contributed by atoms with van der Waals surface area (Å²) in [4.78, 5) is 37.3. The molecule has 9 heteroatoms. The molecule has 0 spiro atoms. The molecule has 0 saturated heterocycles. The Morgan fingerprint density at radius 2 is 1.91 bits per heavy atom. The summed E-state index contributed by atoms with van der Waals surface area (Å²) >= 11 is 1.34. The lowest BCUT2D eigenvalue weighted by atomic mass is 9.99. The molecule has 0 fully saturated rings. The van der Waals surface area contributed by atoms with Crippen LogP contribution in [0.5, 0.6) is 11.5 Å². The quantitative estimate of drug-likeness (QED) is 0.559. The number of pyridine rings is 1. The van der Waals surface area contributed by atoms with E-state index in [0.717, 1.165) is 33.3 Å². The van der Waals surface area contributed by atoms with Crippen molar-refractivity contribution in [1.29, 1.82) is 0 Å². The van der Waals surface area contributed by atoms with Crippen molar-refractivity contribution >= 4 is 35.1 Å². The van der Waals surface area contributed by atoms with E-state index in [-0.39, 0.29) is 11.9 Å². The zero-order chi connectivity index (χ0) is 23.1. The average molecular weight is 463 g/mol. The Hall–Kier alpha value is -3.56. The maximum absolute atomic E-state index is 13.3. The molecule has 1 aromatic heterocycles. The van der Waals surface area contributed by atoms with Gasteiger partial charge in [0.25, 0.3) is 5.91 Å². The number of carbonyl (C=O) groups excluding carboxylic acids is 2. The van der Waals surface area contributed by atoms with E-state index in [1.54, 1.807) is 18.1 Å². The fourth-order valence-electron chi connectivity index (χ4n) is 4.09. The van der Waals surface area contributed by atoms with E-state index in [0.29, 0.717) is 5.75 Å². The summed E-state index contributed by atoms with van der Waals surface area (Å²) in [6.07, 6.45) is 1.67. The van der Waals surface area contributed by atoms with Crippen LogP contribution in [-0.4, -0.2) is 41.4 Å². The Kier molecular flexibility index (Phi) is 5.43. The molecule has 0 aliphatic carbocycles. The summed E-state index contributed by atoms with van der Waals surface area (Å²) in [5.41, 5.74) is 3.17. The molecule has 3 heterocycles. The molecule has 2 aliphatic heterocycles. The van der Waals surface area contributed by atoms with Crippen LogP contribution in [0.1, 0.15) is 17.2 Å². The molecule has 0 bridgehead atoms. The smallest absolute Gasteiger partial charge is 0.327 e. The van der Waals surface area contributed by atoms with Crippen LogP contribution < -0.4 is 15.0 Å². The van der Waals surface area contributed by atoms with Gasteiger partial charge in [-0.15, -0.1) is 0 Å². The molecular weight excluding hydrogens is 440 g/mol. The van der Waals surface area contributed by atoms with Crippen molar-refractivity contribution < 1.29 is 19.2 Å². The normalized spacial score (nSPS) is 18.5. The van der Waals surface area contributed by atoms with E-state index in [4.69, 9.17) is 9.57 Å². The third kappa shape index (κ3) is 3.69. The van der Waals surface area contributed by atoms with E-state index in [2.05, 4.69) is 10.3 Å². The number of benzene rings is 2. The summed E-state index contributed by atoms with van der Waals surface area (Å²) in [6.45, 7) is 1.93. The van der Waals surface area contributed by atoms with Crippen molar-refractivity contribution in [3.05, 3.63) is 71.9 Å². The second-order valence-corrected chi connectivity index (χ2v) is 8.86. The molecular formula is C24H22N4O4S. The van der Waals surface area contributed by atoms with Crippen LogP contribution in [-0.2, 0) is 9.63 Å². The van der Waals surface area contributed by atoms with Crippen molar-refractivity contribution in [3.8, 4) is 11.5 Å². The van der Waals surface area contributed by atoms with Crippen molar-refractivity contribution in [2.24, 2.45) is 0 Å². The first-order valence-electron chi connectivity index (χ1n) is 10.4. The highest BCUT2D eigenvalue weighted by atomic mass is 32.2. The first-order valence-corrected chi connectivity index (χ1v) is 11.3. The topological polar surface area (TPSA) is 84.0 Å². The Morgan fingerprint density at radius 1 is 1.12 bits per heavy atom. The van der Waals surface area contributed by atoms with Gasteiger partial charge in [-0.1, -0.05) is 30.0 Å². The van der Waals surface area contributed by atoms with E-state index < -0.39 is 11.3 Å². The number of amides is 3. The van der Waals surface area contributed by atoms with E-state index >= 15 is 0 Å². The highest BCUT2D eigenvalue weighted by Crippen LogP contribution is 2.51.